The van der Waals surface area contributed by atoms with Gasteiger partial charge < -0.3 is 25.4 Å². The maximum atomic E-state index is 13.6. The lowest BCUT2D eigenvalue weighted by molar-refractivity contribution is -0.115. The number of hydrogen-bond donors (Lipinski definition) is 3. The molecule has 0 saturated carbocycles. The van der Waals surface area contributed by atoms with E-state index in [0.717, 1.165) is 15.1 Å². The largest absolute Gasteiger partial charge is 0.497 e. The molecule has 3 N–H and O–H groups in total. The number of methoxy groups -OCH3 is 2. The fourth-order valence-corrected chi connectivity index (χ4v) is 6.08. The second-order valence-electron chi connectivity index (χ2n) is 9.70. The van der Waals surface area contributed by atoms with Gasteiger partial charge in [0.05, 0.1) is 29.7 Å². The normalized spacial score (nSPS) is 11.8. The van der Waals surface area contributed by atoms with Crippen LogP contribution >= 0.6 is 23.1 Å². The highest BCUT2D eigenvalue weighted by atomic mass is 32.2. The van der Waals surface area contributed by atoms with E-state index in [1.807, 2.05) is 30.3 Å². The number of amides is 3. The number of fused-ring (bicyclic) bond motifs is 1. The molecule has 1 unspecified atom stereocenters. The summed E-state index contributed by atoms with van der Waals surface area (Å²) < 4.78 is 11.8. The number of anilines is 2. The van der Waals surface area contributed by atoms with Crippen molar-refractivity contribution in [2.75, 3.05) is 24.9 Å². The highest BCUT2D eigenvalue weighted by molar-refractivity contribution is 8.00. The van der Waals surface area contributed by atoms with E-state index in [-0.39, 0.29) is 11.6 Å². The molecule has 5 rings (SSSR count). The Balaban J connectivity index is 1.33. The van der Waals surface area contributed by atoms with Gasteiger partial charge in [-0.05, 0) is 73.7 Å². The molecule has 0 aliphatic heterocycles. The first-order chi connectivity index (χ1) is 21.8. The van der Waals surface area contributed by atoms with Gasteiger partial charge in [0.2, 0.25) is 5.91 Å². The molecular formula is C34H30N4O5S2. The predicted molar refractivity (Wildman–Crippen MR) is 180 cm³/mol. The average Bonchev–Trinajstić information content (AvgIpc) is 3.47. The highest BCUT2D eigenvalue weighted by Crippen LogP contribution is 2.30. The molecule has 4 aromatic carbocycles. The Morgan fingerprint density at radius 1 is 0.867 bits per heavy atom. The Hall–Kier alpha value is -5.13. The molecule has 0 fully saturated rings. The van der Waals surface area contributed by atoms with Crippen molar-refractivity contribution in [2.24, 2.45) is 0 Å². The number of rotatable bonds is 11. The van der Waals surface area contributed by atoms with Crippen molar-refractivity contribution in [3.63, 3.8) is 0 Å². The van der Waals surface area contributed by atoms with E-state index in [9.17, 15) is 14.4 Å². The van der Waals surface area contributed by atoms with Crippen LogP contribution < -0.4 is 25.4 Å². The van der Waals surface area contributed by atoms with Gasteiger partial charge in [0, 0.05) is 21.7 Å². The molecule has 0 aliphatic rings. The Bertz CT molecular complexity index is 1840. The van der Waals surface area contributed by atoms with Crippen molar-refractivity contribution >= 4 is 67.9 Å². The number of carbonyl (C=O) groups excluding carboxylic acids is 3. The quantitative estimate of drug-likeness (QED) is 0.107. The Kier molecular flexibility index (Phi) is 10.1. The average molecular weight is 639 g/mol. The Morgan fingerprint density at radius 3 is 2.40 bits per heavy atom. The molecule has 1 atom stereocenters. The number of nitrogens with one attached hydrogen (secondary N) is 3. The summed E-state index contributed by atoms with van der Waals surface area (Å²) in [5.74, 6) is -0.132. The van der Waals surface area contributed by atoms with Crippen LogP contribution in [0.5, 0.6) is 11.5 Å². The van der Waals surface area contributed by atoms with E-state index in [4.69, 9.17) is 9.47 Å². The van der Waals surface area contributed by atoms with Crippen molar-refractivity contribution < 1.29 is 23.9 Å². The van der Waals surface area contributed by atoms with Gasteiger partial charge in [0.25, 0.3) is 11.8 Å². The lowest BCUT2D eigenvalue weighted by atomic mass is 10.1. The molecule has 0 saturated heterocycles. The van der Waals surface area contributed by atoms with Crippen LogP contribution in [0.1, 0.15) is 22.8 Å². The third-order valence-electron chi connectivity index (χ3n) is 6.56. The van der Waals surface area contributed by atoms with E-state index in [1.54, 1.807) is 73.7 Å². The van der Waals surface area contributed by atoms with Crippen LogP contribution in [0, 0.1) is 0 Å². The second-order valence-corrected chi connectivity index (χ2v) is 12.1. The van der Waals surface area contributed by atoms with Gasteiger partial charge in [-0.25, -0.2) is 4.98 Å². The maximum absolute atomic E-state index is 13.6. The van der Waals surface area contributed by atoms with Gasteiger partial charge >= 0.3 is 0 Å². The molecule has 3 amide bonds. The van der Waals surface area contributed by atoms with Crippen LogP contribution in [0.2, 0.25) is 0 Å². The van der Waals surface area contributed by atoms with E-state index in [2.05, 4.69) is 20.9 Å². The van der Waals surface area contributed by atoms with Crippen LogP contribution in [-0.4, -0.2) is 42.2 Å². The van der Waals surface area contributed by atoms with Crippen LogP contribution in [0.4, 0.5) is 10.8 Å². The fourth-order valence-electron chi connectivity index (χ4n) is 4.29. The lowest BCUT2D eigenvalue weighted by Gasteiger charge is -2.14. The third-order valence-corrected chi connectivity index (χ3v) is 8.61. The Morgan fingerprint density at radius 2 is 1.64 bits per heavy atom. The lowest BCUT2D eigenvalue weighted by Crippen LogP contribution is -2.30. The zero-order valence-corrected chi connectivity index (χ0v) is 26.3. The van der Waals surface area contributed by atoms with Crippen LogP contribution in [0.3, 0.4) is 0 Å². The van der Waals surface area contributed by atoms with E-state index in [0.29, 0.717) is 33.4 Å². The van der Waals surface area contributed by atoms with Crippen LogP contribution in [-0.2, 0) is 9.59 Å². The smallest absolute Gasteiger partial charge is 0.272 e. The topological polar surface area (TPSA) is 119 Å². The summed E-state index contributed by atoms with van der Waals surface area (Å²) in [4.78, 5) is 44.9. The molecule has 45 heavy (non-hydrogen) atoms. The summed E-state index contributed by atoms with van der Waals surface area (Å²) in [5, 5.41) is 8.60. The molecule has 0 bridgehead atoms. The van der Waals surface area contributed by atoms with Crippen LogP contribution in [0.25, 0.3) is 16.3 Å². The molecule has 5 aromatic rings. The number of hydrogen-bond acceptors (Lipinski definition) is 8. The van der Waals surface area contributed by atoms with Gasteiger partial charge in [-0.1, -0.05) is 47.7 Å². The zero-order valence-electron chi connectivity index (χ0n) is 24.7. The number of benzene rings is 4. The maximum Gasteiger partial charge on any atom is 0.272 e. The van der Waals surface area contributed by atoms with Crippen molar-refractivity contribution in [2.45, 2.75) is 17.1 Å². The summed E-state index contributed by atoms with van der Waals surface area (Å²) in [5.41, 5.74) is 2.25. The first kappa shape index (κ1) is 31.3. The fraction of sp³-hybridized carbons (Fsp3) is 0.118. The number of carbonyl (C=O) groups is 3. The summed E-state index contributed by atoms with van der Waals surface area (Å²) in [7, 11) is 3.06. The standard InChI is InChI=1S/C34H30N4O5S2/c1-21(31(39)38-34-37-27-14-7-8-15-30(27)45-34)44-26-13-9-12-24(20-26)35-33(41)28(36-32(40)22-10-5-4-6-11-22)19-23-18-25(42-2)16-17-29(23)43-3/h4-21H,1-3H3,(H,35,41)(H,36,40)(H,37,38,39)/b28-19+. The molecule has 0 radical (unpaired) electrons. The first-order valence-corrected chi connectivity index (χ1v) is 15.6. The van der Waals surface area contributed by atoms with E-state index >= 15 is 0 Å². The monoisotopic (exact) mass is 638 g/mol. The van der Waals surface area contributed by atoms with Crippen molar-refractivity contribution in [3.8, 4) is 11.5 Å². The first-order valence-electron chi connectivity index (χ1n) is 13.9. The summed E-state index contributed by atoms with van der Waals surface area (Å²) in [6, 6.07) is 28.6. The third kappa shape index (κ3) is 8.08. The molecule has 1 aromatic heterocycles. The van der Waals surface area contributed by atoms with Crippen molar-refractivity contribution in [1.82, 2.24) is 10.3 Å². The number of nitrogens with zero attached hydrogens (tertiary/aromatic N) is 1. The van der Waals surface area contributed by atoms with Gasteiger partial charge in [0.1, 0.15) is 17.2 Å². The van der Waals surface area contributed by atoms with Gasteiger partial charge in [-0.2, -0.15) is 0 Å². The predicted octanol–water partition coefficient (Wildman–Crippen LogP) is 6.84. The molecule has 1 heterocycles. The number of thiazole rings is 1. The van der Waals surface area contributed by atoms with Gasteiger partial charge in [-0.15, -0.1) is 11.8 Å². The second kappa shape index (κ2) is 14.6. The Labute approximate surface area is 268 Å². The van der Waals surface area contributed by atoms with E-state index in [1.165, 1.54) is 43.4 Å². The van der Waals surface area contributed by atoms with Gasteiger partial charge in [-0.3, -0.25) is 14.4 Å². The number of thioether (sulfide) groups is 1. The highest BCUT2D eigenvalue weighted by Gasteiger charge is 2.19. The zero-order chi connectivity index (χ0) is 31.8. The minimum absolute atomic E-state index is 0.00274. The van der Waals surface area contributed by atoms with Crippen molar-refractivity contribution in [1.29, 1.82) is 0 Å². The molecule has 0 spiro atoms. The molecule has 228 valence electrons. The SMILES string of the molecule is COc1ccc(OC)c(/C=C(/NC(=O)c2ccccc2)C(=O)Nc2cccc(SC(C)C(=O)Nc3nc4ccccc4s3)c2)c1. The minimum atomic E-state index is -0.548. The summed E-state index contributed by atoms with van der Waals surface area (Å²) in [6.45, 7) is 1.81. The molecule has 11 heteroatoms. The number of aromatic nitrogens is 1. The molecule has 0 aliphatic carbocycles. The summed E-state index contributed by atoms with van der Waals surface area (Å²) in [6.07, 6.45) is 1.53. The van der Waals surface area contributed by atoms with Crippen LogP contribution in [0.15, 0.2) is 108 Å². The van der Waals surface area contributed by atoms with E-state index < -0.39 is 17.1 Å². The molecule has 9 nitrogen and oxygen atoms in total. The number of ether oxygens (including phenoxy) is 2. The summed E-state index contributed by atoms with van der Waals surface area (Å²) >= 11 is 2.76. The number of para-hydroxylation sites is 1. The van der Waals surface area contributed by atoms with Crippen molar-refractivity contribution in [3.05, 3.63) is 114 Å². The molecular weight excluding hydrogens is 609 g/mol. The minimum Gasteiger partial charge on any atom is -0.497 e. The van der Waals surface area contributed by atoms with Gasteiger partial charge in [0.15, 0.2) is 5.13 Å².